The number of benzene rings is 1. The summed E-state index contributed by atoms with van der Waals surface area (Å²) in [6.45, 7) is 0.555. The highest BCUT2D eigenvalue weighted by molar-refractivity contribution is 5.99. The van der Waals surface area contributed by atoms with E-state index in [0.717, 1.165) is 0 Å². The summed E-state index contributed by atoms with van der Waals surface area (Å²) in [5.41, 5.74) is 0.624. The van der Waals surface area contributed by atoms with Gasteiger partial charge in [0, 0.05) is 32.6 Å². The van der Waals surface area contributed by atoms with Crippen molar-refractivity contribution in [2.24, 2.45) is 0 Å². The standard InChI is InChI=1S/C15H20O5/c1-17-12(15(16)11-6-4-3-5-7-11)10-14-19-9-8-13(18-2)20-14/h3-7,12-14H,8-10H2,1-2H3. The van der Waals surface area contributed by atoms with E-state index in [1.54, 1.807) is 19.2 Å². The third-order valence-electron chi connectivity index (χ3n) is 3.27. The van der Waals surface area contributed by atoms with Crippen molar-refractivity contribution < 1.29 is 23.7 Å². The molecule has 1 heterocycles. The van der Waals surface area contributed by atoms with Gasteiger partial charge in [0.25, 0.3) is 0 Å². The normalized spacial score (nSPS) is 24.3. The molecule has 1 aliphatic heterocycles. The Balaban J connectivity index is 1.96. The van der Waals surface area contributed by atoms with Crippen LogP contribution in [-0.2, 0) is 18.9 Å². The number of Topliss-reactive ketones (excluding diaryl/α,β-unsaturated/α-hetero) is 1. The van der Waals surface area contributed by atoms with Gasteiger partial charge in [0.1, 0.15) is 6.10 Å². The highest BCUT2D eigenvalue weighted by atomic mass is 16.8. The van der Waals surface area contributed by atoms with Gasteiger partial charge in [-0.3, -0.25) is 4.79 Å². The topological polar surface area (TPSA) is 54.0 Å². The molecule has 3 atom stereocenters. The molecule has 1 fully saturated rings. The molecule has 2 rings (SSSR count). The highest BCUT2D eigenvalue weighted by Crippen LogP contribution is 2.19. The maximum Gasteiger partial charge on any atom is 0.191 e. The molecule has 5 heteroatoms. The first-order chi connectivity index (χ1) is 9.74. The molecule has 0 amide bonds. The van der Waals surface area contributed by atoms with E-state index >= 15 is 0 Å². The third-order valence-corrected chi connectivity index (χ3v) is 3.27. The minimum absolute atomic E-state index is 0.0696. The molecule has 0 aliphatic carbocycles. The first-order valence-corrected chi connectivity index (χ1v) is 6.66. The van der Waals surface area contributed by atoms with Crippen LogP contribution in [0.4, 0.5) is 0 Å². The van der Waals surface area contributed by atoms with E-state index in [2.05, 4.69) is 0 Å². The van der Waals surface area contributed by atoms with Gasteiger partial charge in [0.2, 0.25) is 0 Å². The quantitative estimate of drug-likeness (QED) is 0.746. The van der Waals surface area contributed by atoms with Crippen LogP contribution in [0.25, 0.3) is 0 Å². The van der Waals surface area contributed by atoms with Crippen molar-refractivity contribution in [2.45, 2.75) is 31.5 Å². The molecule has 110 valence electrons. The molecule has 0 radical (unpaired) electrons. The first-order valence-electron chi connectivity index (χ1n) is 6.66. The van der Waals surface area contributed by atoms with Crippen LogP contribution in [0.15, 0.2) is 30.3 Å². The maximum atomic E-state index is 12.3. The lowest BCUT2D eigenvalue weighted by Gasteiger charge is -2.30. The van der Waals surface area contributed by atoms with Crippen LogP contribution in [0.5, 0.6) is 0 Å². The average molecular weight is 280 g/mol. The van der Waals surface area contributed by atoms with Gasteiger partial charge in [-0.15, -0.1) is 0 Å². The Morgan fingerprint density at radius 2 is 2.10 bits per heavy atom. The van der Waals surface area contributed by atoms with Gasteiger partial charge in [-0.25, -0.2) is 0 Å². The number of methoxy groups -OCH3 is 2. The van der Waals surface area contributed by atoms with Gasteiger partial charge >= 0.3 is 0 Å². The van der Waals surface area contributed by atoms with Crippen molar-refractivity contribution >= 4 is 5.78 Å². The number of ketones is 1. The fourth-order valence-corrected chi connectivity index (χ4v) is 2.14. The summed E-state index contributed by atoms with van der Waals surface area (Å²) in [6.07, 6.45) is -0.302. The van der Waals surface area contributed by atoms with E-state index in [4.69, 9.17) is 18.9 Å². The third kappa shape index (κ3) is 3.86. The second-order valence-corrected chi connectivity index (χ2v) is 4.58. The van der Waals surface area contributed by atoms with Crippen molar-refractivity contribution in [1.82, 2.24) is 0 Å². The van der Waals surface area contributed by atoms with E-state index in [1.807, 2.05) is 18.2 Å². The molecule has 1 aromatic rings. The summed E-state index contributed by atoms with van der Waals surface area (Å²) in [5.74, 6) is -0.0696. The molecular weight excluding hydrogens is 260 g/mol. The predicted octanol–water partition coefficient (Wildman–Crippen LogP) is 2.01. The van der Waals surface area contributed by atoms with Crippen molar-refractivity contribution in [3.05, 3.63) is 35.9 Å². The minimum atomic E-state index is -0.585. The van der Waals surface area contributed by atoms with Crippen LogP contribution >= 0.6 is 0 Å². The fourth-order valence-electron chi connectivity index (χ4n) is 2.14. The molecule has 3 unspecified atom stereocenters. The molecule has 5 nitrogen and oxygen atoms in total. The monoisotopic (exact) mass is 280 g/mol. The summed E-state index contributed by atoms with van der Waals surface area (Å²) >= 11 is 0. The minimum Gasteiger partial charge on any atom is -0.373 e. The van der Waals surface area contributed by atoms with Gasteiger partial charge in [-0.05, 0) is 0 Å². The molecule has 0 bridgehead atoms. The maximum absolute atomic E-state index is 12.3. The molecule has 1 saturated heterocycles. The number of hydrogen-bond donors (Lipinski definition) is 0. The molecule has 0 aromatic heterocycles. The summed E-state index contributed by atoms with van der Waals surface area (Å²) < 4.78 is 21.5. The number of hydrogen-bond acceptors (Lipinski definition) is 5. The van der Waals surface area contributed by atoms with Gasteiger partial charge in [0.15, 0.2) is 18.4 Å². The van der Waals surface area contributed by atoms with E-state index < -0.39 is 12.4 Å². The van der Waals surface area contributed by atoms with Crippen LogP contribution in [0.1, 0.15) is 23.2 Å². The zero-order valence-electron chi connectivity index (χ0n) is 11.8. The Morgan fingerprint density at radius 3 is 2.75 bits per heavy atom. The average Bonchev–Trinajstić information content (AvgIpc) is 2.53. The summed E-state index contributed by atoms with van der Waals surface area (Å²) in [7, 11) is 3.11. The predicted molar refractivity (Wildman–Crippen MR) is 72.4 cm³/mol. The number of rotatable bonds is 6. The van der Waals surface area contributed by atoms with E-state index in [1.165, 1.54) is 7.11 Å². The first kappa shape index (κ1) is 15.1. The van der Waals surface area contributed by atoms with Gasteiger partial charge in [-0.1, -0.05) is 30.3 Å². The number of ether oxygens (including phenoxy) is 4. The van der Waals surface area contributed by atoms with Crippen molar-refractivity contribution in [1.29, 1.82) is 0 Å². The van der Waals surface area contributed by atoms with E-state index in [0.29, 0.717) is 25.0 Å². The van der Waals surface area contributed by atoms with Gasteiger partial charge < -0.3 is 18.9 Å². The fraction of sp³-hybridized carbons (Fsp3) is 0.533. The van der Waals surface area contributed by atoms with Crippen LogP contribution < -0.4 is 0 Å². The van der Waals surface area contributed by atoms with Crippen LogP contribution in [0.3, 0.4) is 0 Å². The summed E-state index contributed by atoms with van der Waals surface area (Å²) in [5, 5.41) is 0. The zero-order valence-corrected chi connectivity index (χ0v) is 11.8. The highest BCUT2D eigenvalue weighted by Gasteiger charge is 2.29. The largest absolute Gasteiger partial charge is 0.373 e. The van der Waals surface area contributed by atoms with Crippen molar-refractivity contribution in [3.63, 3.8) is 0 Å². The Bertz CT molecular complexity index is 420. The Hall–Kier alpha value is -1.27. The van der Waals surface area contributed by atoms with Crippen molar-refractivity contribution in [2.75, 3.05) is 20.8 Å². The van der Waals surface area contributed by atoms with Gasteiger partial charge in [0.05, 0.1) is 6.61 Å². The van der Waals surface area contributed by atoms with Crippen molar-refractivity contribution in [3.8, 4) is 0 Å². The number of carbonyl (C=O) groups is 1. The molecule has 1 aromatic carbocycles. The molecule has 20 heavy (non-hydrogen) atoms. The Morgan fingerprint density at radius 1 is 1.35 bits per heavy atom. The van der Waals surface area contributed by atoms with Crippen LogP contribution in [0, 0.1) is 0 Å². The molecule has 0 N–H and O–H groups in total. The summed E-state index contributed by atoms with van der Waals surface area (Å²) in [6, 6.07) is 9.07. The molecule has 0 spiro atoms. The zero-order chi connectivity index (χ0) is 14.4. The summed E-state index contributed by atoms with van der Waals surface area (Å²) in [4.78, 5) is 12.3. The molecule has 0 saturated carbocycles. The molecular formula is C15H20O5. The van der Waals surface area contributed by atoms with E-state index in [9.17, 15) is 4.79 Å². The Kier molecular flexibility index (Phi) is 5.67. The lowest BCUT2D eigenvalue weighted by atomic mass is 10.0. The van der Waals surface area contributed by atoms with Crippen LogP contribution in [0.2, 0.25) is 0 Å². The lowest BCUT2D eigenvalue weighted by Crippen LogP contribution is -2.38. The Labute approximate surface area is 118 Å². The SMILES string of the molecule is COC1CCOC(CC(OC)C(=O)c2ccccc2)O1. The lowest BCUT2D eigenvalue weighted by molar-refractivity contribution is -0.283. The molecule has 1 aliphatic rings. The van der Waals surface area contributed by atoms with Crippen LogP contribution in [-0.4, -0.2) is 45.3 Å². The van der Waals surface area contributed by atoms with E-state index in [-0.39, 0.29) is 12.1 Å². The smallest absolute Gasteiger partial charge is 0.191 e. The number of carbonyl (C=O) groups excluding carboxylic acids is 1. The van der Waals surface area contributed by atoms with Gasteiger partial charge in [-0.2, -0.15) is 0 Å². The second-order valence-electron chi connectivity index (χ2n) is 4.58. The second kappa shape index (κ2) is 7.50.